The fourth-order valence-corrected chi connectivity index (χ4v) is 9.63. The van der Waals surface area contributed by atoms with Crippen LogP contribution in [0.4, 0.5) is 11.4 Å². The molecule has 0 atom stereocenters. The van der Waals surface area contributed by atoms with E-state index in [0.29, 0.717) is 11.1 Å². The number of aromatic hydroxyl groups is 4. The Kier molecular flexibility index (Phi) is 41.9. The van der Waals surface area contributed by atoms with Crippen molar-refractivity contribution >= 4 is 34.7 Å². The molecule has 0 heterocycles. The maximum absolute atomic E-state index is 10.4. The van der Waals surface area contributed by atoms with Crippen molar-refractivity contribution in [3.63, 3.8) is 0 Å². The molecule has 0 bridgehead atoms. The van der Waals surface area contributed by atoms with Crippen LogP contribution in [0.2, 0.25) is 0 Å². The number of carbonyl (C=O) groups is 2. The van der Waals surface area contributed by atoms with Crippen LogP contribution in [0.15, 0.2) is 76.7 Å². The number of aryl methyl sites for hydroxylation is 5. The van der Waals surface area contributed by atoms with Crippen LogP contribution in [0.3, 0.4) is 0 Å². The van der Waals surface area contributed by atoms with Crippen molar-refractivity contribution in [2.45, 2.75) is 260 Å². The van der Waals surface area contributed by atoms with E-state index in [9.17, 15) is 19.8 Å². The summed E-state index contributed by atoms with van der Waals surface area (Å²) in [6.07, 6.45) is 41.4. The Bertz CT molecular complexity index is 2410. The second-order valence-corrected chi connectivity index (χ2v) is 21.6. The molecule has 450 valence electrons. The number of nitrogens with zero attached hydrogens (tertiary/aromatic N) is 2. The second-order valence-electron chi connectivity index (χ2n) is 21.6. The summed E-state index contributed by atoms with van der Waals surface area (Å²) in [7, 11) is 0. The van der Waals surface area contributed by atoms with Crippen molar-refractivity contribution in [2.24, 2.45) is 9.98 Å². The molecule has 4 aromatic rings. The number of aliphatic imine (C=N–C) groups is 2. The van der Waals surface area contributed by atoms with Gasteiger partial charge in [-0.1, -0.05) is 199 Å². The number of phenolic OH excluding ortho intramolecular Hbond substituents is 2. The predicted octanol–water partition coefficient (Wildman–Crippen LogP) is 17.5. The molecule has 81 heavy (non-hydrogen) atoms. The number of aromatic carboxylic acids is 2. The molecule has 0 radical (unpaired) electrons. The molecule has 10 nitrogen and oxygen atoms in total. The maximum Gasteiger partial charge on any atom is 2.00 e. The van der Waals surface area contributed by atoms with Gasteiger partial charge in [0.1, 0.15) is 0 Å². The minimum atomic E-state index is -1.50. The van der Waals surface area contributed by atoms with Gasteiger partial charge in [0.05, 0.1) is 34.7 Å². The molecule has 4 rings (SSSR count). The molecule has 0 unspecified atom stereocenters. The number of hydrogen-bond donors (Lipinski definition) is 4. The SMILES string of the molecule is CCCCCCCCCCCCCC#CCCCc1ccccc1N=C(CCCC)C(CCCCCCCC)=Nc1cc(CCCCC)cc(CCCCC)c1.Cc1ccc(O)c(O)c1C(=O)[O-].Cc1ccc(O)c(O)c1C(=O)[O-].[Pd+2]. The second kappa shape index (κ2) is 46.1. The predicted molar refractivity (Wildman–Crippen MR) is 331 cm³/mol. The maximum atomic E-state index is 10.4. The van der Waals surface area contributed by atoms with E-state index in [4.69, 9.17) is 30.4 Å². The number of carboxylic acid groups (broad SMARTS) is 2. The first-order chi connectivity index (χ1) is 38.7. The monoisotopic (exact) mass is 1200 g/mol. The van der Waals surface area contributed by atoms with E-state index in [0.717, 1.165) is 75.6 Å². The first-order valence-corrected chi connectivity index (χ1v) is 31.0. The number of phenols is 4. The number of rotatable bonds is 37. The molecule has 0 aliphatic carbocycles. The summed E-state index contributed by atoms with van der Waals surface area (Å²) in [6.45, 7) is 14.5. The molecule has 0 fully saturated rings. The zero-order valence-electron chi connectivity index (χ0n) is 50.8. The summed E-state index contributed by atoms with van der Waals surface area (Å²) in [5, 5.41) is 56.8. The van der Waals surface area contributed by atoms with E-state index in [-0.39, 0.29) is 31.5 Å². The van der Waals surface area contributed by atoms with E-state index in [1.165, 1.54) is 214 Å². The average Bonchev–Trinajstić information content (AvgIpc) is 3.43. The van der Waals surface area contributed by atoms with Gasteiger partial charge in [-0.05, 0) is 143 Å². The van der Waals surface area contributed by atoms with Crippen LogP contribution < -0.4 is 10.2 Å². The zero-order chi connectivity index (χ0) is 58.8. The quantitative estimate of drug-likeness (QED) is 0.0113. The molecule has 0 amide bonds. The van der Waals surface area contributed by atoms with Crippen molar-refractivity contribution in [1.82, 2.24) is 0 Å². The molecule has 0 spiro atoms. The van der Waals surface area contributed by atoms with Crippen molar-refractivity contribution < 1.29 is 60.7 Å². The zero-order valence-corrected chi connectivity index (χ0v) is 52.4. The molecule has 0 aliphatic rings. The first-order valence-electron chi connectivity index (χ1n) is 31.0. The van der Waals surface area contributed by atoms with Gasteiger partial charge in [-0.15, -0.1) is 11.8 Å². The van der Waals surface area contributed by atoms with E-state index in [1.54, 1.807) is 0 Å². The van der Waals surface area contributed by atoms with Crippen molar-refractivity contribution in [3.8, 4) is 34.8 Å². The third kappa shape index (κ3) is 31.6. The molecule has 4 N–H and O–H groups in total. The number of carboxylic acids is 2. The number of para-hydroxylation sites is 1. The Balaban J connectivity index is 0.00000106. The minimum Gasteiger partial charge on any atom is -0.545 e. The normalized spacial score (nSPS) is 11.1. The van der Waals surface area contributed by atoms with Gasteiger partial charge in [-0.25, -0.2) is 0 Å². The molecular formula is C70H102N2O8Pd. The molecule has 11 heteroatoms. The summed E-state index contributed by atoms with van der Waals surface area (Å²) < 4.78 is 0. The van der Waals surface area contributed by atoms with Gasteiger partial charge in [0.2, 0.25) is 0 Å². The van der Waals surface area contributed by atoms with Crippen LogP contribution in [0.1, 0.15) is 276 Å². The molecule has 4 aromatic carbocycles. The molecule has 0 saturated heterocycles. The van der Waals surface area contributed by atoms with Crippen LogP contribution >= 0.6 is 0 Å². The fourth-order valence-electron chi connectivity index (χ4n) is 9.63. The molecule has 0 aliphatic heterocycles. The smallest absolute Gasteiger partial charge is 0.545 e. The van der Waals surface area contributed by atoms with Gasteiger partial charge < -0.3 is 40.2 Å². The Morgan fingerprint density at radius 2 is 0.840 bits per heavy atom. The first kappa shape index (κ1) is 73.6. The van der Waals surface area contributed by atoms with Crippen molar-refractivity contribution in [2.75, 3.05) is 0 Å². The summed E-state index contributed by atoms with van der Waals surface area (Å²) in [6, 6.07) is 21.4. The van der Waals surface area contributed by atoms with Crippen LogP contribution in [0.5, 0.6) is 23.0 Å². The molecule has 0 aromatic heterocycles. The number of benzene rings is 4. The van der Waals surface area contributed by atoms with Crippen LogP contribution in [-0.4, -0.2) is 43.8 Å². The number of hydrogen-bond acceptors (Lipinski definition) is 10. The number of unbranched alkanes of at least 4 members (excludes halogenated alkanes) is 22. The third-order valence-electron chi connectivity index (χ3n) is 14.5. The van der Waals surface area contributed by atoms with E-state index < -0.39 is 34.9 Å². The van der Waals surface area contributed by atoms with E-state index in [2.05, 4.69) is 88.9 Å². The Labute approximate surface area is 503 Å². The van der Waals surface area contributed by atoms with Gasteiger partial charge in [0.25, 0.3) is 0 Å². The van der Waals surface area contributed by atoms with E-state index in [1.807, 2.05) is 0 Å². The van der Waals surface area contributed by atoms with Crippen molar-refractivity contribution in [3.05, 3.63) is 106 Å². The Hall–Kier alpha value is -5.42. The topological polar surface area (TPSA) is 186 Å². The van der Waals surface area contributed by atoms with Gasteiger partial charge in [0, 0.05) is 24.0 Å². The molecule has 0 saturated carbocycles. The van der Waals surface area contributed by atoms with Crippen LogP contribution in [-0.2, 0) is 39.7 Å². The Morgan fingerprint density at radius 1 is 0.444 bits per heavy atom. The summed E-state index contributed by atoms with van der Waals surface area (Å²) in [5.74, 6) is 1.79. The standard InChI is InChI=1S/C54H88N2.2C8H8O4.Pd/c1-6-11-16-18-20-21-22-23-24-25-26-27-28-29-30-34-40-50-41-36-37-43-52(50)56-54(42-15-10-5)53(44-35-31-19-17-12-7-2)55-51-46-48(38-32-13-8-3)45-49(47-51)39-33-14-9-4;2*1-4-2-3-5(9)7(10)6(4)8(11)12;/h36-37,41,43,45-47H,6-27,30-35,38-40,42,44H2,1-5H3;2*2-3,9-10H,1H3,(H,11,12);/q;;;+2/p-2. The largest absolute Gasteiger partial charge is 2.00 e. The van der Waals surface area contributed by atoms with Gasteiger partial charge >= 0.3 is 20.4 Å². The van der Waals surface area contributed by atoms with Crippen molar-refractivity contribution in [1.29, 1.82) is 0 Å². The van der Waals surface area contributed by atoms with Gasteiger partial charge in [-0.2, -0.15) is 0 Å². The van der Waals surface area contributed by atoms with Crippen LogP contribution in [0, 0.1) is 25.7 Å². The van der Waals surface area contributed by atoms with Crippen LogP contribution in [0.25, 0.3) is 0 Å². The Morgan fingerprint density at radius 3 is 1.30 bits per heavy atom. The fraction of sp³-hybridized carbons (Fsp3) is 0.571. The minimum absolute atomic E-state index is 0. The summed E-state index contributed by atoms with van der Waals surface area (Å²) in [5.41, 5.74) is 8.97. The number of carbonyl (C=O) groups excluding carboxylic acids is 2. The van der Waals surface area contributed by atoms with E-state index >= 15 is 0 Å². The summed E-state index contributed by atoms with van der Waals surface area (Å²) in [4.78, 5) is 31.9. The summed E-state index contributed by atoms with van der Waals surface area (Å²) >= 11 is 0. The third-order valence-corrected chi connectivity index (χ3v) is 14.5. The van der Waals surface area contributed by atoms with Gasteiger partial charge in [-0.3, -0.25) is 9.98 Å². The molecular weight excluding hydrogens is 1100 g/mol. The average molecular weight is 1210 g/mol. The van der Waals surface area contributed by atoms with Gasteiger partial charge in [0.15, 0.2) is 23.0 Å².